The van der Waals surface area contributed by atoms with Crippen molar-refractivity contribution in [1.82, 2.24) is 9.55 Å². The quantitative estimate of drug-likeness (QED) is 0.428. The van der Waals surface area contributed by atoms with Crippen LogP contribution in [0, 0.1) is 3.57 Å². The van der Waals surface area contributed by atoms with Crippen molar-refractivity contribution in [2.24, 2.45) is 0 Å². The highest BCUT2D eigenvalue weighted by Gasteiger charge is 2.15. The number of fused-ring (bicyclic) bond motifs is 1. The second-order valence-corrected chi connectivity index (χ2v) is 6.37. The van der Waals surface area contributed by atoms with E-state index in [1.165, 1.54) is 0 Å². The number of methoxy groups -OCH3 is 1. The summed E-state index contributed by atoms with van der Waals surface area (Å²) >= 11 is 14.7. The number of benzene rings is 2. The minimum absolute atomic E-state index is 0.305. The molecule has 0 aliphatic rings. The zero-order valence-corrected chi connectivity index (χ0v) is 14.8. The van der Waals surface area contributed by atoms with E-state index in [1.807, 2.05) is 41.0 Å². The molecule has 21 heavy (non-hydrogen) atoms. The van der Waals surface area contributed by atoms with Gasteiger partial charge in [0.2, 0.25) is 0 Å². The van der Waals surface area contributed by atoms with E-state index in [-0.39, 0.29) is 0 Å². The average Bonchev–Trinajstić information content (AvgIpc) is 2.84. The molecule has 1 aromatic heterocycles. The second-order valence-electron chi connectivity index (χ2n) is 4.45. The molecule has 6 heteroatoms. The van der Waals surface area contributed by atoms with Crippen molar-refractivity contribution in [1.29, 1.82) is 0 Å². The van der Waals surface area contributed by atoms with Crippen molar-refractivity contribution in [3.05, 3.63) is 50.8 Å². The first kappa shape index (κ1) is 14.9. The van der Waals surface area contributed by atoms with Gasteiger partial charge in [-0.2, -0.15) is 0 Å². The summed E-state index contributed by atoms with van der Waals surface area (Å²) in [7, 11) is 1.64. The van der Waals surface area contributed by atoms with Gasteiger partial charge in [0.05, 0.1) is 34.7 Å². The Kier molecular flexibility index (Phi) is 4.28. The smallest absolute Gasteiger partial charge is 0.129 e. The van der Waals surface area contributed by atoms with Crippen LogP contribution in [0.4, 0.5) is 0 Å². The SMILES string of the molecule is COc1ccc2nc(CCl)n(-c3ccc(I)cc3Cl)c2c1. The van der Waals surface area contributed by atoms with E-state index in [4.69, 9.17) is 27.9 Å². The number of imidazole rings is 1. The Morgan fingerprint density at radius 3 is 2.71 bits per heavy atom. The zero-order valence-electron chi connectivity index (χ0n) is 11.1. The summed E-state index contributed by atoms with van der Waals surface area (Å²) < 4.78 is 8.35. The molecule has 0 unspecified atom stereocenters. The van der Waals surface area contributed by atoms with Gasteiger partial charge in [-0.05, 0) is 52.9 Å². The van der Waals surface area contributed by atoms with Crippen LogP contribution in [0.2, 0.25) is 5.02 Å². The van der Waals surface area contributed by atoms with Gasteiger partial charge < -0.3 is 4.74 Å². The van der Waals surface area contributed by atoms with Crippen LogP contribution in [0.5, 0.6) is 5.75 Å². The summed E-state index contributed by atoms with van der Waals surface area (Å²) in [6, 6.07) is 11.6. The molecule has 3 rings (SSSR count). The van der Waals surface area contributed by atoms with Gasteiger partial charge in [-0.1, -0.05) is 11.6 Å². The van der Waals surface area contributed by atoms with Crippen LogP contribution in [0.25, 0.3) is 16.7 Å². The normalized spacial score (nSPS) is 11.0. The Labute approximate surface area is 146 Å². The molecule has 0 fully saturated rings. The number of halogens is 3. The third-order valence-corrected chi connectivity index (χ3v) is 4.41. The molecule has 0 radical (unpaired) electrons. The molecule has 0 bridgehead atoms. The molecular weight excluding hydrogens is 422 g/mol. The zero-order chi connectivity index (χ0) is 15.0. The number of alkyl halides is 1. The molecule has 0 saturated heterocycles. The molecule has 0 N–H and O–H groups in total. The molecule has 0 saturated carbocycles. The lowest BCUT2D eigenvalue weighted by Gasteiger charge is -2.10. The Hall–Kier alpha value is -0.980. The fourth-order valence-electron chi connectivity index (χ4n) is 2.25. The fraction of sp³-hybridized carbons (Fsp3) is 0.133. The monoisotopic (exact) mass is 432 g/mol. The van der Waals surface area contributed by atoms with Crippen LogP contribution in [-0.2, 0) is 5.88 Å². The highest BCUT2D eigenvalue weighted by atomic mass is 127. The van der Waals surface area contributed by atoms with Crippen molar-refractivity contribution >= 4 is 56.8 Å². The van der Waals surface area contributed by atoms with Crippen LogP contribution in [-0.4, -0.2) is 16.7 Å². The fourth-order valence-corrected chi connectivity index (χ4v) is 3.37. The number of aromatic nitrogens is 2. The first-order chi connectivity index (χ1) is 10.1. The van der Waals surface area contributed by atoms with Crippen molar-refractivity contribution in [2.75, 3.05) is 7.11 Å². The van der Waals surface area contributed by atoms with Crippen LogP contribution in [0.1, 0.15) is 5.82 Å². The van der Waals surface area contributed by atoms with Gasteiger partial charge in [0.15, 0.2) is 0 Å². The first-order valence-electron chi connectivity index (χ1n) is 6.21. The minimum atomic E-state index is 0.305. The topological polar surface area (TPSA) is 27.1 Å². The summed E-state index contributed by atoms with van der Waals surface area (Å²) in [5.41, 5.74) is 2.65. The lowest BCUT2D eigenvalue weighted by molar-refractivity contribution is 0.415. The number of hydrogen-bond acceptors (Lipinski definition) is 2. The highest BCUT2D eigenvalue weighted by molar-refractivity contribution is 14.1. The minimum Gasteiger partial charge on any atom is -0.497 e. The second kappa shape index (κ2) is 6.02. The number of rotatable bonds is 3. The number of nitrogens with zero attached hydrogens (tertiary/aromatic N) is 2. The van der Waals surface area contributed by atoms with Gasteiger partial charge in [0.25, 0.3) is 0 Å². The highest BCUT2D eigenvalue weighted by Crippen LogP contribution is 2.30. The third kappa shape index (κ3) is 2.72. The predicted octanol–water partition coefficient (Wildman–Crippen LogP) is 5.03. The van der Waals surface area contributed by atoms with Crippen LogP contribution < -0.4 is 4.74 Å². The number of ether oxygens (including phenoxy) is 1. The van der Waals surface area contributed by atoms with E-state index in [0.29, 0.717) is 10.9 Å². The van der Waals surface area contributed by atoms with Gasteiger partial charge in [-0.25, -0.2) is 4.98 Å². The molecule has 2 aromatic carbocycles. The molecule has 0 amide bonds. The van der Waals surface area contributed by atoms with E-state index in [9.17, 15) is 0 Å². The number of hydrogen-bond donors (Lipinski definition) is 0. The molecule has 0 atom stereocenters. The maximum atomic E-state index is 6.40. The Morgan fingerprint density at radius 1 is 1.24 bits per heavy atom. The van der Waals surface area contributed by atoms with Crippen molar-refractivity contribution in [2.45, 2.75) is 5.88 Å². The molecule has 0 aliphatic carbocycles. The van der Waals surface area contributed by atoms with Gasteiger partial charge >= 0.3 is 0 Å². The Morgan fingerprint density at radius 2 is 2.05 bits per heavy atom. The summed E-state index contributed by atoms with van der Waals surface area (Å²) in [4.78, 5) is 4.56. The summed E-state index contributed by atoms with van der Waals surface area (Å²) in [6.45, 7) is 0. The van der Waals surface area contributed by atoms with E-state index in [1.54, 1.807) is 7.11 Å². The van der Waals surface area contributed by atoms with Crippen molar-refractivity contribution in [3.8, 4) is 11.4 Å². The van der Waals surface area contributed by atoms with E-state index in [2.05, 4.69) is 27.6 Å². The van der Waals surface area contributed by atoms with E-state index >= 15 is 0 Å². The molecule has 1 heterocycles. The standard InChI is InChI=1S/C15H11Cl2IN2O/c1-21-10-3-4-12-14(7-10)20(15(8-16)19-12)13-5-2-9(18)6-11(13)17/h2-7H,8H2,1H3. The van der Waals surface area contributed by atoms with Crippen LogP contribution >= 0.6 is 45.8 Å². The van der Waals surface area contributed by atoms with Crippen LogP contribution in [0.15, 0.2) is 36.4 Å². The average molecular weight is 433 g/mol. The van der Waals surface area contributed by atoms with Crippen molar-refractivity contribution in [3.63, 3.8) is 0 Å². The third-order valence-electron chi connectivity index (χ3n) is 3.20. The molecule has 3 aromatic rings. The van der Waals surface area contributed by atoms with Crippen molar-refractivity contribution < 1.29 is 4.74 Å². The van der Waals surface area contributed by atoms with Gasteiger partial charge in [0.1, 0.15) is 11.6 Å². The van der Waals surface area contributed by atoms with Gasteiger partial charge in [-0.15, -0.1) is 11.6 Å². The van der Waals surface area contributed by atoms with Gasteiger partial charge in [0, 0.05) is 9.64 Å². The maximum absolute atomic E-state index is 6.40. The van der Waals surface area contributed by atoms with Crippen LogP contribution in [0.3, 0.4) is 0 Å². The molecule has 108 valence electrons. The Balaban J connectivity index is 2.33. The lowest BCUT2D eigenvalue weighted by Crippen LogP contribution is -2.00. The summed E-state index contributed by atoms with van der Waals surface area (Å²) in [5.74, 6) is 1.83. The molecule has 3 nitrogen and oxygen atoms in total. The predicted molar refractivity (Wildman–Crippen MR) is 94.9 cm³/mol. The van der Waals surface area contributed by atoms with E-state index < -0.39 is 0 Å². The first-order valence-corrected chi connectivity index (χ1v) is 8.20. The van der Waals surface area contributed by atoms with E-state index in [0.717, 1.165) is 31.9 Å². The summed E-state index contributed by atoms with van der Waals surface area (Å²) in [6.07, 6.45) is 0. The lowest BCUT2D eigenvalue weighted by atomic mass is 10.2. The molecular formula is C15H11Cl2IN2O. The Bertz CT molecular complexity index is 817. The van der Waals surface area contributed by atoms with Gasteiger partial charge in [-0.3, -0.25) is 4.57 Å². The summed E-state index contributed by atoms with van der Waals surface area (Å²) in [5, 5.41) is 0.662. The molecule has 0 aliphatic heterocycles. The largest absolute Gasteiger partial charge is 0.497 e. The molecule has 0 spiro atoms. The maximum Gasteiger partial charge on any atom is 0.129 e.